The SMILES string of the molecule is CCC(CC)C(NCc1ncc[nH]1)c1cccs1. The van der Waals surface area contributed by atoms with Gasteiger partial charge in [0.1, 0.15) is 5.82 Å². The average Bonchev–Trinajstić information content (AvgIpc) is 3.07. The van der Waals surface area contributed by atoms with Crippen LogP contribution in [-0.2, 0) is 6.54 Å². The molecule has 3 nitrogen and oxygen atoms in total. The topological polar surface area (TPSA) is 40.7 Å². The summed E-state index contributed by atoms with van der Waals surface area (Å²) in [7, 11) is 0. The zero-order valence-corrected chi connectivity index (χ0v) is 11.8. The standard InChI is InChI=1S/C14H21N3S/c1-3-11(4-2)14(12-6-5-9-18-12)17-10-13-15-7-8-16-13/h5-9,11,14,17H,3-4,10H2,1-2H3,(H,15,16). The molecule has 2 aromatic rings. The monoisotopic (exact) mass is 263 g/mol. The summed E-state index contributed by atoms with van der Waals surface area (Å²) in [5.74, 6) is 1.68. The fourth-order valence-electron chi connectivity index (χ4n) is 2.33. The maximum absolute atomic E-state index is 4.27. The Morgan fingerprint density at radius 2 is 2.22 bits per heavy atom. The van der Waals surface area contributed by atoms with Crippen LogP contribution in [0.4, 0.5) is 0 Å². The molecule has 2 aromatic heterocycles. The molecule has 98 valence electrons. The zero-order valence-electron chi connectivity index (χ0n) is 11.0. The number of nitrogens with one attached hydrogen (secondary N) is 2. The molecule has 0 aliphatic heterocycles. The Labute approximate surface area is 113 Å². The first-order valence-electron chi connectivity index (χ1n) is 6.60. The van der Waals surface area contributed by atoms with Gasteiger partial charge in [0.15, 0.2) is 0 Å². The molecule has 0 aliphatic rings. The highest BCUT2D eigenvalue weighted by molar-refractivity contribution is 7.10. The van der Waals surface area contributed by atoms with E-state index >= 15 is 0 Å². The molecule has 0 saturated carbocycles. The molecule has 4 heteroatoms. The first-order chi connectivity index (χ1) is 8.85. The first kappa shape index (κ1) is 13.3. The van der Waals surface area contributed by atoms with Crippen LogP contribution in [0.1, 0.15) is 43.4 Å². The van der Waals surface area contributed by atoms with Crippen molar-refractivity contribution in [3.63, 3.8) is 0 Å². The fraction of sp³-hybridized carbons (Fsp3) is 0.500. The molecular weight excluding hydrogens is 242 g/mol. The lowest BCUT2D eigenvalue weighted by molar-refractivity contribution is 0.341. The number of hydrogen-bond acceptors (Lipinski definition) is 3. The Balaban J connectivity index is 2.05. The van der Waals surface area contributed by atoms with Gasteiger partial charge in [0, 0.05) is 23.3 Å². The Morgan fingerprint density at radius 3 is 2.78 bits per heavy atom. The van der Waals surface area contributed by atoms with Crippen LogP contribution in [0.3, 0.4) is 0 Å². The van der Waals surface area contributed by atoms with Crippen LogP contribution < -0.4 is 5.32 Å². The van der Waals surface area contributed by atoms with Crippen molar-refractivity contribution in [1.29, 1.82) is 0 Å². The number of imidazole rings is 1. The molecule has 0 saturated heterocycles. The van der Waals surface area contributed by atoms with Crippen LogP contribution in [0.5, 0.6) is 0 Å². The van der Waals surface area contributed by atoms with Crippen molar-refractivity contribution < 1.29 is 0 Å². The molecule has 1 atom stereocenters. The van der Waals surface area contributed by atoms with Crippen LogP contribution in [0.25, 0.3) is 0 Å². The van der Waals surface area contributed by atoms with E-state index in [1.54, 1.807) is 6.20 Å². The molecule has 0 spiro atoms. The second-order valence-corrected chi connectivity index (χ2v) is 5.47. The van der Waals surface area contributed by atoms with Crippen molar-refractivity contribution in [2.24, 2.45) is 5.92 Å². The van der Waals surface area contributed by atoms with E-state index in [1.165, 1.54) is 17.7 Å². The number of nitrogens with zero attached hydrogens (tertiary/aromatic N) is 1. The first-order valence-corrected chi connectivity index (χ1v) is 7.48. The molecule has 0 fully saturated rings. The normalized spacial score (nSPS) is 13.1. The molecule has 0 radical (unpaired) electrons. The van der Waals surface area contributed by atoms with E-state index in [0.29, 0.717) is 12.0 Å². The third-order valence-electron chi connectivity index (χ3n) is 3.41. The van der Waals surface area contributed by atoms with Crippen LogP contribution in [0.2, 0.25) is 0 Å². The van der Waals surface area contributed by atoms with E-state index in [0.717, 1.165) is 12.4 Å². The summed E-state index contributed by atoms with van der Waals surface area (Å²) in [4.78, 5) is 8.83. The third-order valence-corrected chi connectivity index (χ3v) is 4.37. The van der Waals surface area contributed by atoms with E-state index in [9.17, 15) is 0 Å². The van der Waals surface area contributed by atoms with Crippen molar-refractivity contribution in [2.45, 2.75) is 39.3 Å². The molecule has 2 rings (SSSR count). The smallest absolute Gasteiger partial charge is 0.120 e. The number of hydrogen-bond donors (Lipinski definition) is 2. The molecule has 2 heterocycles. The minimum Gasteiger partial charge on any atom is -0.348 e. The van der Waals surface area contributed by atoms with Crippen LogP contribution >= 0.6 is 11.3 Å². The number of aromatic amines is 1. The maximum atomic E-state index is 4.27. The van der Waals surface area contributed by atoms with E-state index in [4.69, 9.17) is 0 Å². The van der Waals surface area contributed by atoms with Gasteiger partial charge in [-0.3, -0.25) is 0 Å². The Kier molecular flexibility index (Phi) is 4.96. The summed E-state index contributed by atoms with van der Waals surface area (Å²) in [6.45, 7) is 5.33. The minimum atomic E-state index is 0.435. The lowest BCUT2D eigenvalue weighted by Gasteiger charge is -2.25. The van der Waals surface area contributed by atoms with Gasteiger partial charge >= 0.3 is 0 Å². The van der Waals surface area contributed by atoms with Crippen LogP contribution in [0.15, 0.2) is 29.9 Å². The molecule has 0 amide bonds. The van der Waals surface area contributed by atoms with Crippen molar-refractivity contribution in [1.82, 2.24) is 15.3 Å². The molecular formula is C14H21N3S. The summed E-state index contributed by atoms with van der Waals surface area (Å²) in [6, 6.07) is 4.79. The van der Waals surface area contributed by atoms with Crippen LogP contribution in [0, 0.1) is 5.92 Å². The van der Waals surface area contributed by atoms with E-state index < -0.39 is 0 Å². The Hall–Kier alpha value is -1.13. The number of thiophene rings is 1. The van der Waals surface area contributed by atoms with E-state index in [-0.39, 0.29) is 0 Å². The van der Waals surface area contributed by atoms with Crippen molar-refractivity contribution in [3.8, 4) is 0 Å². The van der Waals surface area contributed by atoms with Gasteiger partial charge in [-0.2, -0.15) is 0 Å². The number of aromatic nitrogens is 2. The van der Waals surface area contributed by atoms with Crippen LogP contribution in [-0.4, -0.2) is 9.97 Å². The van der Waals surface area contributed by atoms with Gasteiger partial charge in [0.25, 0.3) is 0 Å². The summed E-state index contributed by atoms with van der Waals surface area (Å²) >= 11 is 1.83. The highest BCUT2D eigenvalue weighted by Gasteiger charge is 2.20. The second kappa shape index (κ2) is 6.71. The van der Waals surface area contributed by atoms with E-state index in [1.807, 2.05) is 17.5 Å². The highest BCUT2D eigenvalue weighted by Crippen LogP contribution is 2.30. The quantitative estimate of drug-likeness (QED) is 0.799. The Morgan fingerprint density at radius 1 is 1.39 bits per heavy atom. The summed E-state index contributed by atoms with van der Waals surface area (Å²) in [5.41, 5.74) is 0. The minimum absolute atomic E-state index is 0.435. The molecule has 0 aromatic carbocycles. The zero-order chi connectivity index (χ0) is 12.8. The van der Waals surface area contributed by atoms with Gasteiger partial charge in [-0.15, -0.1) is 11.3 Å². The van der Waals surface area contributed by atoms with E-state index in [2.05, 4.69) is 46.6 Å². The summed E-state index contributed by atoms with van der Waals surface area (Å²) < 4.78 is 0. The average molecular weight is 263 g/mol. The predicted molar refractivity (Wildman–Crippen MR) is 76.6 cm³/mol. The van der Waals surface area contributed by atoms with Crippen molar-refractivity contribution >= 4 is 11.3 Å². The predicted octanol–water partition coefficient (Wildman–Crippen LogP) is 3.74. The van der Waals surface area contributed by atoms with Gasteiger partial charge in [-0.25, -0.2) is 4.98 Å². The lowest BCUT2D eigenvalue weighted by Crippen LogP contribution is -2.27. The molecule has 1 unspecified atom stereocenters. The second-order valence-electron chi connectivity index (χ2n) is 4.49. The number of rotatable bonds is 7. The number of H-pyrrole nitrogens is 1. The largest absolute Gasteiger partial charge is 0.348 e. The van der Waals surface area contributed by atoms with Gasteiger partial charge in [0.2, 0.25) is 0 Å². The summed E-state index contributed by atoms with van der Waals surface area (Å²) in [6.07, 6.45) is 6.07. The Bertz CT molecular complexity index is 418. The van der Waals surface area contributed by atoms with Gasteiger partial charge in [-0.05, 0) is 17.4 Å². The molecule has 0 bridgehead atoms. The van der Waals surface area contributed by atoms with Crippen molar-refractivity contribution in [3.05, 3.63) is 40.6 Å². The van der Waals surface area contributed by atoms with Gasteiger partial charge in [-0.1, -0.05) is 32.8 Å². The fourth-order valence-corrected chi connectivity index (χ4v) is 3.22. The van der Waals surface area contributed by atoms with Crippen molar-refractivity contribution in [2.75, 3.05) is 0 Å². The molecule has 2 N–H and O–H groups in total. The van der Waals surface area contributed by atoms with Gasteiger partial charge < -0.3 is 10.3 Å². The summed E-state index contributed by atoms with van der Waals surface area (Å²) in [5, 5.41) is 5.80. The molecule has 0 aliphatic carbocycles. The molecule has 18 heavy (non-hydrogen) atoms. The maximum Gasteiger partial charge on any atom is 0.120 e. The third kappa shape index (κ3) is 3.21. The van der Waals surface area contributed by atoms with Gasteiger partial charge in [0.05, 0.1) is 6.54 Å². The highest BCUT2D eigenvalue weighted by atomic mass is 32.1. The lowest BCUT2D eigenvalue weighted by atomic mass is 9.93.